The van der Waals surface area contributed by atoms with E-state index in [1.54, 1.807) is 6.07 Å². The van der Waals surface area contributed by atoms with Gasteiger partial charge in [-0.1, -0.05) is 6.07 Å². The second-order valence-corrected chi connectivity index (χ2v) is 4.60. The van der Waals surface area contributed by atoms with Crippen molar-refractivity contribution < 1.29 is 9.50 Å². The lowest BCUT2D eigenvalue weighted by atomic mass is 9.91. The van der Waals surface area contributed by atoms with Crippen LogP contribution in [0.3, 0.4) is 0 Å². The second-order valence-electron chi connectivity index (χ2n) is 4.60. The minimum Gasteiger partial charge on any atom is -0.390 e. The van der Waals surface area contributed by atoms with E-state index in [1.807, 2.05) is 20.9 Å². The molecule has 0 saturated carbocycles. The number of halogens is 1. The molecule has 0 aliphatic heterocycles. The largest absolute Gasteiger partial charge is 0.390 e. The van der Waals surface area contributed by atoms with E-state index in [9.17, 15) is 9.50 Å². The Hall–Kier alpha value is -0.930. The maximum atomic E-state index is 12.9. The Labute approximate surface area is 96.5 Å². The number of nitrogens with one attached hydrogen (secondary N) is 1. The molecule has 0 bridgehead atoms. The number of benzene rings is 1. The maximum absolute atomic E-state index is 12.9. The second kappa shape index (κ2) is 5.41. The Bertz CT molecular complexity index is 350. The summed E-state index contributed by atoms with van der Waals surface area (Å²) >= 11 is 0. The summed E-state index contributed by atoms with van der Waals surface area (Å²) < 4.78 is 12.9. The van der Waals surface area contributed by atoms with Crippen LogP contribution < -0.4 is 5.32 Å². The maximum Gasteiger partial charge on any atom is 0.123 e. The predicted octanol–water partition coefficient (Wildman–Crippen LogP) is 2.04. The Morgan fingerprint density at radius 2 is 2.12 bits per heavy atom. The zero-order valence-corrected chi connectivity index (χ0v) is 10.2. The van der Waals surface area contributed by atoms with Crippen molar-refractivity contribution in [3.05, 3.63) is 35.1 Å². The predicted molar refractivity (Wildman–Crippen MR) is 64.0 cm³/mol. The molecule has 0 heterocycles. The van der Waals surface area contributed by atoms with Gasteiger partial charge in [0.15, 0.2) is 0 Å². The first-order chi connectivity index (χ1) is 7.44. The highest BCUT2D eigenvalue weighted by molar-refractivity contribution is 5.27. The van der Waals surface area contributed by atoms with Crippen molar-refractivity contribution >= 4 is 0 Å². The number of aryl methyl sites for hydroxylation is 1. The molecule has 0 fully saturated rings. The fourth-order valence-electron chi connectivity index (χ4n) is 1.75. The van der Waals surface area contributed by atoms with Crippen LogP contribution in [0.25, 0.3) is 0 Å². The van der Waals surface area contributed by atoms with Gasteiger partial charge in [0.2, 0.25) is 0 Å². The number of rotatable bonds is 5. The van der Waals surface area contributed by atoms with Crippen molar-refractivity contribution in [1.82, 2.24) is 5.32 Å². The fraction of sp³-hybridized carbons (Fsp3) is 0.538. The van der Waals surface area contributed by atoms with Crippen LogP contribution in [0.1, 0.15) is 24.5 Å². The van der Waals surface area contributed by atoms with Crippen LogP contribution in [0.4, 0.5) is 4.39 Å². The zero-order chi connectivity index (χ0) is 12.2. The average Bonchev–Trinajstić information content (AvgIpc) is 2.19. The minimum atomic E-state index is -0.744. The van der Waals surface area contributed by atoms with Gasteiger partial charge in [0.05, 0.1) is 5.60 Å². The molecule has 0 aromatic heterocycles. The topological polar surface area (TPSA) is 32.3 Å². The lowest BCUT2D eigenvalue weighted by Crippen LogP contribution is -2.31. The van der Waals surface area contributed by atoms with Gasteiger partial charge in [-0.15, -0.1) is 0 Å². The van der Waals surface area contributed by atoms with E-state index in [0.29, 0.717) is 12.8 Å². The van der Waals surface area contributed by atoms with Gasteiger partial charge in [0, 0.05) is 6.42 Å². The third kappa shape index (κ3) is 3.91. The third-order valence-corrected chi connectivity index (χ3v) is 2.79. The molecule has 1 aromatic rings. The smallest absolute Gasteiger partial charge is 0.123 e. The van der Waals surface area contributed by atoms with Gasteiger partial charge in [0.1, 0.15) is 5.82 Å². The molecule has 2 N–H and O–H groups in total. The van der Waals surface area contributed by atoms with Crippen LogP contribution in [0.5, 0.6) is 0 Å². The summed E-state index contributed by atoms with van der Waals surface area (Å²) in [5, 5.41) is 13.2. The molecule has 0 spiro atoms. The SMILES string of the molecule is CNCCC(C)(O)Cc1ccc(F)cc1C. The first-order valence-electron chi connectivity index (χ1n) is 5.56. The van der Waals surface area contributed by atoms with E-state index in [0.717, 1.165) is 17.7 Å². The van der Waals surface area contributed by atoms with E-state index in [1.165, 1.54) is 12.1 Å². The van der Waals surface area contributed by atoms with Gasteiger partial charge >= 0.3 is 0 Å². The van der Waals surface area contributed by atoms with Gasteiger partial charge in [0.25, 0.3) is 0 Å². The lowest BCUT2D eigenvalue weighted by Gasteiger charge is -2.24. The fourth-order valence-corrected chi connectivity index (χ4v) is 1.75. The summed E-state index contributed by atoms with van der Waals surface area (Å²) in [7, 11) is 1.86. The quantitative estimate of drug-likeness (QED) is 0.803. The van der Waals surface area contributed by atoms with Gasteiger partial charge in [-0.05, 0) is 57.1 Å². The summed E-state index contributed by atoms with van der Waals surface area (Å²) in [6.45, 7) is 4.45. The van der Waals surface area contributed by atoms with E-state index < -0.39 is 5.60 Å². The summed E-state index contributed by atoms with van der Waals surface area (Å²) in [5.74, 6) is -0.226. The van der Waals surface area contributed by atoms with Crippen LogP contribution in [-0.2, 0) is 6.42 Å². The van der Waals surface area contributed by atoms with Crippen LogP contribution in [0, 0.1) is 12.7 Å². The first-order valence-corrected chi connectivity index (χ1v) is 5.56. The monoisotopic (exact) mass is 225 g/mol. The molecule has 90 valence electrons. The molecule has 0 aliphatic carbocycles. The highest BCUT2D eigenvalue weighted by Crippen LogP contribution is 2.19. The Kier molecular flexibility index (Phi) is 4.44. The molecule has 0 amide bonds. The van der Waals surface area contributed by atoms with Crippen molar-refractivity contribution in [2.75, 3.05) is 13.6 Å². The molecule has 3 heteroatoms. The zero-order valence-electron chi connectivity index (χ0n) is 10.2. The van der Waals surface area contributed by atoms with Crippen molar-refractivity contribution in [3.63, 3.8) is 0 Å². The Balaban J connectivity index is 2.71. The molecular formula is C13H20FNO. The van der Waals surface area contributed by atoms with Crippen LogP contribution in [-0.4, -0.2) is 24.3 Å². The normalized spacial score (nSPS) is 14.8. The van der Waals surface area contributed by atoms with E-state index in [-0.39, 0.29) is 5.82 Å². The molecule has 1 atom stereocenters. The number of aliphatic hydroxyl groups is 1. The van der Waals surface area contributed by atoms with E-state index in [2.05, 4.69) is 5.32 Å². The summed E-state index contributed by atoms with van der Waals surface area (Å²) in [4.78, 5) is 0. The van der Waals surface area contributed by atoms with Crippen molar-refractivity contribution in [3.8, 4) is 0 Å². The third-order valence-electron chi connectivity index (χ3n) is 2.79. The molecule has 16 heavy (non-hydrogen) atoms. The van der Waals surface area contributed by atoms with Crippen molar-refractivity contribution in [2.45, 2.75) is 32.3 Å². The molecule has 1 rings (SSSR count). The van der Waals surface area contributed by atoms with Crippen LogP contribution in [0.2, 0.25) is 0 Å². The highest BCUT2D eigenvalue weighted by atomic mass is 19.1. The van der Waals surface area contributed by atoms with Crippen LogP contribution >= 0.6 is 0 Å². The molecule has 2 nitrogen and oxygen atoms in total. The van der Waals surface area contributed by atoms with Crippen molar-refractivity contribution in [2.24, 2.45) is 0 Å². The summed E-state index contributed by atoms with van der Waals surface area (Å²) in [6.07, 6.45) is 1.24. The molecule has 1 unspecified atom stereocenters. The molecule has 1 aromatic carbocycles. The Morgan fingerprint density at radius 3 is 2.69 bits per heavy atom. The van der Waals surface area contributed by atoms with E-state index >= 15 is 0 Å². The average molecular weight is 225 g/mol. The standard InChI is InChI=1S/C13H20FNO/c1-10-8-12(14)5-4-11(10)9-13(2,16)6-7-15-3/h4-5,8,15-16H,6-7,9H2,1-3H3. The molecule has 0 aliphatic rings. The van der Waals surface area contributed by atoms with Gasteiger partial charge in [-0.3, -0.25) is 0 Å². The minimum absolute atomic E-state index is 0.226. The number of hydrogen-bond acceptors (Lipinski definition) is 2. The van der Waals surface area contributed by atoms with Gasteiger partial charge in [-0.25, -0.2) is 4.39 Å². The molecule has 0 saturated heterocycles. The van der Waals surface area contributed by atoms with Gasteiger partial charge in [-0.2, -0.15) is 0 Å². The first kappa shape index (κ1) is 13.1. The lowest BCUT2D eigenvalue weighted by molar-refractivity contribution is 0.0519. The Morgan fingerprint density at radius 1 is 1.44 bits per heavy atom. The van der Waals surface area contributed by atoms with E-state index in [4.69, 9.17) is 0 Å². The molecular weight excluding hydrogens is 205 g/mol. The van der Waals surface area contributed by atoms with Crippen molar-refractivity contribution in [1.29, 1.82) is 0 Å². The number of hydrogen-bond donors (Lipinski definition) is 2. The van der Waals surface area contributed by atoms with Gasteiger partial charge < -0.3 is 10.4 Å². The highest BCUT2D eigenvalue weighted by Gasteiger charge is 2.21. The summed E-state index contributed by atoms with van der Waals surface area (Å²) in [6, 6.07) is 4.69. The molecule has 0 radical (unpaired) electrons. The van der Waals surface area contributed by atoms with Crippen LogP contribution in [0.15, 0.2) is 18.2 Å². The summed E-state index contributed by atoms with van der Waals surface area (Å²) in [5.41, 5.74) is 1.15.